The second-order valence-electron chi connectivity index (χ2n) is 6.50. The minimum atomic E-state index is -0.371. The van der Waals surface area contributed by atoms with Gasteiger partial charge < -0.3 is 19.2 Å². The summed E-state index contributed by atoms with van der Waals surface area (Å²) in [7, 11) is 3.05. The van der Waals surface area contributed by atoms with Crippen molar-refractivity contribution in [2.45, 2.75) is 6.54 Å². The molecular formula is C22H19BrN4O4. The Balaban J connectivity index is 1.68. The third-order valence-electron chi connectivity index (χ3n) is 4.54. The van der Waals surface area contributed by atoms with Crippen molar-refractivity contribution in [3.05, 3.63) is 76.5 Å². The van der Waals surface area contributed by atoms with E-state index >= 15 is 0 Å². The van der Waals surface area contributed by atoms with Crippen molar-refractivity contribution < 1.29 is 18.7 Å². The molecule has 31 heavy (non-hydrogen) atoms. The summed E-state index contributed by atoms with van der Waals surface area (Å²) in [6.45, 7) is 0.461. The minimum Gasteiger partial charge on any atom is -0.493 e. The van der Waals surface area contributed by atoms with Gasteiger partial charge in [0.15, 0.2) is 17.3 Å². The second-order valence-corrected chi connectivity index (χ2v) is 7.42. The fourth-order valence-electron chi connectivity index (χ4n) is 2.95. The van der Waals surface area contributed by atoms with Gasteiger partial charge in [0.25, 0.3) is 5.91 Å². The Morgan fingerprint density at radius 3 is 2.55 bits per heavy atom. The highest BCUT2D eigenvalue weighted by Crippen LogP contribution is 2.28. The molecule has 4 rings (SSSR count). The van der Waals surface area contributed by atoms with Crippen LogP contribution < -0.4 is 14.8 Å². The fraction of sp³-hybridized carbons (Fsp3) is 0.136. The smallest absolute Gasteiger partial charge is 0.281 e. The molecule has 2 aromatic heterocycles. The van der Waals surface area contributed by atoms with Crippen LogP contribution >= 0.6 is 15.9 Å². The van der Waals surface area contributed by atoms with Gasteiger partial charge >= 0.3 is 0 Å². The van der Waals surface area contributed by atoms with Gasteiger partial charge in [0, 0.05) is 16.6 Å². The molecule has 8 nitrogen and oxygen atoms in total. The van der Waals surface area contributed by atoms with Crippen LogP contribution in [0.5, 0.6) is 11.5 Å². The van der Waals surface area contributed by atoms with E-state index in [9.17, 15) is 4.79 Å². The summed E-state index contributed by atoms with van der Waals surface area (Å²) in [6.07, 6.45) is 1.53. The van der Waals surface area contributed by atoms with Crippen LogP contribution in [0, 0.1) is 0 Å². The lowest BCUT2D eigenvalue weighted by molar-refractivity contribution is 0.0947. The Bertz CT molecular complexity index is 1190. The van der Waals surface area contributed by atoms with Crippen molar-refractivity contribution in [3.8, 4) is 23.1 Å². The molecule has 0 bridgehead atoms. The second kappa shape index (κ2) is 9.05. The molecule has 0 unspecified atom stereocenters. The first-order valence-electron chi connectivity index (χ1n) is 9.35. The van der Waals surface area contributed by atoms with Crippen molar-refractivity contribution in [1.29, 1.82) is 0 Å². The van der Waals surface area contributed by atoms with Gasteiger partial charge in [0.05, 0.1) is 20.5 Å². The average molecular weight is 483 g/mol. The summed E-state index contributed by atoms with van der Waals surface area (Å²) in [5.41, 5.74) is 1.40. The number of hydrogen-bond donors (Lipinski definition) is 1. The van der Waals surface area contributed by atoms with Gasteiger partial charge in [0.2, 0.25) is 11.8 Å². The molecule has 0 fully saturated rings. The molecule has 0 saturated carbocycles. The zero-order chi connectivity index (χ0) is 21.8. The topological polar surface area (TPSA) is 91.4 Å². The molecule has 0 amide bonds. The number of benzene rings is 2. The number of nitrogens with zero attached hydrogens (tertiary/aromatic N) is 3. The molecule has 2 heterocycles. The zero-order valence-electron chi connectivity index (χ0n) is 16.8. The molecule has 158 valence electrons. The highest BCUT2D eigenvalue weighted by atomic mass is 79.9. The molecule has 1 N–H and O–H groups in total. The van der Waals surface area contributed by atoms with Gasteiger partial charge in [-0.3, -0.25) is 4.79 Å². The minimum absolute atomic E-state index is 0.300. The van der Waals surface area contributed by atoms with Gasteiger partial charge in [-0.2, -0.15) is 9.67 Å². The Labute approximate surface area is 186 Å². The molecule has 0 radical (unpaired) electrons. The van der Waals surface area contributed by atoms with Crippen LogP contribution in [0.2, 0.25) is 0 Å². The molecule has 0 saturated heterocycles. The highest BCUT2D eigenvalue weighted by molar-refractivity contribution is 9.10. The number of hydrogen-bond acceptors (Lipinski definition) is 7. The maximum atomic E-state index is 13.3. The van der Waals surface area contributed by atoms with Crippen LogP contribution in [0.15, 0.2) is 69.8 Å². The van der Waals surface area contributed by atoms with Gasteiger partial charge in [-0.25, -0.2) is 0 Å². The molecule has 0 aliphatic rings. The van der Waals surface area contributed by atoms with Crippen molar-refractivity contribution in [2.24, 2.45) is 0 Å². The molecule has 0 aliphatic heterocycles. The van der Waals surface area contributed by atoms with Crippen LogP contribution in [0.4, 0.5) is 5.95 Å². The van der Waals surface area contributed by atoms with E-state index < -0.39 is 0 Å². The largest absolute Gasteiger partial charge is 0.493 e. The van der Waals surface area contributed by atoms with Crippen LogP contribution in [0.25, 0.3) is 11.6 Å². The predicted molar refractivity (Wildman–Crippen MR) is 118 cm³/mol. The standard InChI is InChI=1S/C22H19BrN4O4/c1-29-17-10-7-15(12-19(17)30-2)21(28)27-22(24-13-14-5-8-16(23)9-6-14)25-20(26-27)18-4-3-11-31-18/h3-12H,13H2,1-2H3,(H,24,25,26). The van der Waals surface area contributed by atoms with Gasteiger partial charge in [-0.1, -0.05) is 28.1 Å². The molecule has 4 aromatic rings. The number of aromatic nitrogens is 3. The highest BCUT2D eigenvalue weighted by Gasteiger charge is 2.21. The summed E-state index contributed by atoms with van der Waals surface area (Å²) >= 11 is 3.42. The van der Waals surface area contributed by atoms with E-state index in [1.165, 1.54) is 25.2 Å². The monoisotopic (exact) mass is 482 g/mol. The SMILES string of the molecule is COc1ccc(C(=O)n2nc(-c3ccco3)nc2NCc2ccc(Br)cc2)cc1OC. The van der Waals surface area contributed by atoms with Gasteiger partial charge in [0.1, 0.15) is 0 Å². The number of anilines is 1. The summed E-state index contributed by atoms with van der Waals surface area (Å²) < 4.78 is 18.2. The summed E-state index contributed by atoms with van der Waals surface area (Å²) in [6, 6.07) is 16.2. The zero-order valence-corrected chi connectivity index (χ0v) is 18.4. The molecular weight excluding hydrogens is 464 g/mol. The molecule has 0 aliphatic carbocycles. The van der Waals surface area contributed by atoms with Crippen LogP contribution in [0.1, 0.15) is 15.9 Å². The number of ether oxygens (including phenoxy) is 2. The predicted octanol–water partition coefficient (Wildman–Crippen LogP) is 4.62. The maximum Gasteiger partial charge on any atom is 0.281 e. The number of carbonyl (C=O) groups excluding carboxylic acids is 1. The molecule has 0 spiro atoms. The maximum absolute atomic E-state index is 13.3. The molecule has 9 heteroatoms. The number of methoxy groups -OCH3 is 2. The lowest BCUT2D eigenvalue weighted by Gasteiger charge is -2.10. The van der Waals surface area contributed by atoms with Gasteiger partial charge in [-0.05, 0) is 48.0 Å². The van der Waals surface area contributed by atoms with E-state index in [1.807, 2.05) is 24.3 Å². The average Bonchev–Trinajstić information content (AvgIpc) is 3.48. The number of halogens is 1. The van der Waals surface area contributed by atoms with E-state index in [0.717, 1.165) is 10.0 Å². The van der Waals surface area contributed by atoms with Crippen LogP contribution in [0.3, 0.4) is 0 Å². The van der Waals surface area contributed by atoms with Crippen molar-refractivity contribution in [2.75, 3.05) is 19.5 Å². The number of furan rings is 1. The first-order valence-corrected chi connectivity index (χ1v) is 10.1. The Morgan fingerprint density at radius 1 is 1.10 bits per heavy atom. The first kappa shape index (κ1) is 20.7. The van der Waals surface area contributed by atoms with Crippen LogP contribution in [-0.2, 0) is 6.54 Å². The van der Waals surface area contributed by atoms with Crippen molar-refractivity contribution in [1.82, 2.24) is 14.8 Å². The fourth-order valence-corrected chi connectivity index (χ4v) is 3.22. The third-order valence-corrected chi connectivity index (χ3v) is 5.06. The van der Waals surface area contributed by atoms with E-state index in [1.54, 1.807) is 30.3 Å². The van der Waals surface area contributed by atoms with E-state index in [4.69, 9.17) is 13.9 Å². The number of carbonyl (C=O) groups is 1. The summed E-state index contributed by atoms with van der Waals surface area (Å²) in [5, 5.41) is 7.56. The van der Waals surface area contributed by atoms with Crippen molar-refractivity contribution in [3.63, 3.8) is 0 Å². The molecule has 0 atom stereocenters. The third kappa shape index (κ3) is 4.46. The normalized spacial score (nSPS) is 10.7. The quantitative estimate of drug-likeness (QED) is 0.410. The Kier molecular flexibility index (Phi) is 6.03. The molecule has 2 aromatic carbocycles. The summed E-state index contributed by atoms with van der Waals surface area (Å²) in [4.78, 5) is 17.7. The first-order chi connectivity index (χ1) is 15.1. The Morgan fingerprint density at radius 2 is 1.87 bits per heavy atom. The van der Waals surface area contributed by atoms with Crippen LogP contribution in [-0.4, -0.2) is 34.9 Å². The van der Waals surface area contributed by atoms with Gasteiger partial charge in [-0.15, -0.1) is 5.10 Å². The van der Waals surface area contributed by atoms with E-state index in [2.05, 4.69) is 31.3 Å². The van der Waals surface area contributed by atoms with E-state index in [-0.39, 0.29) is 5.91 Å². The Hall–Kier alpha value is -3.59. The van der Waals surface area contributed by atoms with Crippen molar-refractivity contribution >= 4 is 27.8 Å². The van der Waals surface area contributed by atoms with E-state index in [0.29, 0.717) is 41.1 Å². The summed E-state index contributed by atoms with van der Waals surface area (Å²) in [5.74, 6) is 1.67. The number of nitrogens with one attached hydrogen (secondary N) is 1. The lowest BCUT2D eigenvalue weighted by atomic mass is 10.2. The number of rotatable bonds is 7. The lowest BCUT2D eigenvalue weighted by Crippen LogP contribution is -2.17.